The minimum absolute atomic E-state index is 0.0165. The second-order valence-electron chi connectivity index (χ2n) is 5.27. The van der Waals surface area contributed by atoms with Crippen LogP contribution in [0, 0.1) is 11.7 Å². The van der Waals surface area contributed by atoms with E-state index in [1.54, 1.807) is 6.07 Å². The summed E-state index contributed by atoms with van der Waals surface area (Å²) in [5.74, 6) is 6.19. The summed E-state index contributed by atoms with van der Waals surface area (Å²) in [6.07, 6.45) is 5.68. The van der Waals surface area contributed by atoms with E-state index in [1.165, 1.54) is 32.4 Å². The standard InChI is InChI=1S/C16H27FN2O/c1-4-6-7-12(5-2)10-15(19-18)13-8-9-16(20-3)14(17)11-13/h8-9,11-12,15,19H,4-7,10,18H2,1-3H3. The van der Waals surface area contributed by atoms with Crippen LogP contribution >= 0.6 is 0 Å². The molecule has 0 spiro atoms. The number of hydrogen-bond donors (Lipinski definition) is 2. The molecule has 114 valence electrons. The van der Waals surface area contributed by atoms with Crippen LogP contribution in [0.3, 0.4) is 0 Å². The minimum Gasteiger partial charge on any atom is -0.494 e. The van der Waals surface area contributed by atoms with Crippen molar-refractivity contribution in [1.82, 2.24) is 5.43 Å². The summed E-state index contributed by atoms with van der Waals surface area (Å²) in [5.41, 5.74) is 3.69. The van der Waals surface area contributed by atoms with Gasteiger partial charge in [0.1, 0.15) is 0 Å². The number of nitrogens with one attached hydrogen (secondary N) is 1. The number of hydrogen-bond acceptors (Lipinski definition) is 3. The zero-order chi connectivity index (χ0) is 15.0. The Hall–Kier alpha value is -1.13. The number of benzene rings is 1. The Balaban J connectivity index is 2.76. The molecule has 3 nitrogen and oxygen atoms in total. The van der Waals surface area contributed by atoms with Gasteiger partial charge in [-0.25, -0.2) is 4.39 Å². The van der Waals surface area contributed by atoms with Crippen LogP contribution in [-0.4, -0.2) is 7.11 Å². The Labute approximate surface area is 121 Å². The second-order valence-corrected chi connectivity index (χ2v) is 5.27. The molecule has 2 unspecified atom stereocenters. The van der Waals surface area contributed by atoms with Gasteiger partial charge >= 0.3 is 0 Å². The SMILES string of the molecule is CCCCC(CC)CC(NN)c1ccc(OC)c(F)c1. The lowest BCUT2D eigenvalue weighted by molar-refractivity contribution is 0.353. The fourth-order valence-electron chi connectivity index (χ4n) is 2.51. The van der Waals surface area contributed by atoms with Crippen LogP contribution in [-0.2, 0) is 0 Å². The van der Waals surface area contributed by atoms with E-state index in [9.17, 15) is 4.39 Å². The third-order valence-electron chi connectivity index (χ3n) is 3.89. The molecular weight excluding hydrogens is 255 g/mol. The van der Waals surface area contributed by atoms with E-state index in [1.807, 2.05) is 6.07 Å². The normalized spacial score (nSPS) is 14.1. The summed E-state index contributed by atoms with van der Waals surface area (Å²) in [4.78, 5) is 0. The predicted molar refractivity (Wildman–Crippen MR) is 80.9 cm³/mol. The highest BCUT2D eigenvalue weighted by Crippen LogP contribution is 2.28. The molecule has 0 bridgehead atoms. The number of nitrogens with two attached hydrogens (primary N) is 1. The monoisotopic (exact) mass is 282 g/mol. The average Bonchev–Trinajstić information content (AvgIpc) is 2.47. The zero-order valence-electron chi connectivity index (χ0n) is 12.8. The molecule has 1 rings (SSSR count). The molecule has 0 aromatic heterocycles. The van der Waals surface area contributed by atoms with Crippen molar-refractivity contribution in [3.05, 3.63) is 29.6 Å². The van der Waals surface area contributed by atoms with Gasteiger partial charge in [0.25, 0.3) is 0 Å². The van der Waals surface area contributed by atoms with E-state index in [4.69, 9.17) is 10.6 Å². The molecule has 0 saturated heterocycles. The molecule has 0 fully saturated rings. The first-order valence-corrected chi connectivity index (χ1v) is 7.45. The van der Waals surface area contributed by atoms with E-state index >= 15 is 0 Å². The van der Waals surface area contributed by atoms with E-state index in [-0.39, 0.29) is 17.6 Å². The summed E-state index contributed by atoms with van der Waals surface area (Å²) >= 11 is 0. The van der Waals surface area contributed by atoms with Crippen molar-refractivity contribution in [2.45, 2.75) is 52.0 Å². The van der Waals surface area contributed by atoms with Crippen molar-refractivity contribution in [1.29, 1.82) is 0 Å². The quantitative estimate of drug-likeness (QED) is 0.532. The third kappa shape index (κ3) is 4.76. The van der Waals surface area contributed by atoms with Gasteiger partial charge in [0.15, 0.2) is 11.6 Å². The van der Waals surface area contributed by atoms with Crippen LogP contribution in [0.2, 0.25) is 0 Å². The molecule has 0 amide bonds. The first-order valence-electron chi connectivity index (χ1n) is 7.45. The predicted octanol–water partition coefficient (Wildman–Crippen LogP) is 3.95. The number of methoxy groups -OCH3 is 1. The van der Waals surface area contributed by atoms with Crippen LogP contribution in [0.25, 0.3) is 0 Å². The van der Waals surface area contributed by atoms with Crippen molar-refractivity contribution in [3.8, 4) is 5.75 Å². The first kappa shape index (κ1) is 16.9. The smallest absolute Gasteiger partial charge is 0.165 e. The zero-order valence-corrected chi connectivity index (χ0v) is 12.8. The summed E-state index contributed by atoms with van der Waals surface area (Å²) in [6.45, 7) is 4.40. The number of unbranched alkanes of at least 4 members (excludes halogenated alkanes) is 1. The number of ether oxygens (including phenoxy) is 1. The molecule has 1 aromatic carbocycles. The van der Waals surface area contributed by atoms with Crippen LogP contribution in [0.4, 0.5) is 4.39 Å². The number of rotatable bonds is 9. The Bertz CT molecular complexity index is 398. The second kappa shape index (κ2) is 8.93. The Morgan fingerprint density at radius 1 is 1.35 bits per heavy atom. The molecule has 20 heavy (non-hydrogen) atoms. The molecule has 1 aromatic rings. The lowest BCUT2D eigenvalue weighted by Crippen LogP contribution is -2.29. The number of halogens is 1. The molecule has 0 saturated carbocycles. The fraction of sp³-hybridized carbons (Fsp3) is 0.625. The molecule has 4 heteroatoms. The fourth-order valence-corrected chi connectivity index (χ4v) is 2.51. The highest BCUT2D eigenvalue weighted by Gasteiger charge is 2.17. The minimum atomic E-state index is -0.341. The summed E-state index contributed by atoms with van der Waals surface area (Å²) < 4.78 is 18.7. The van der Waals surface area contributed by atoms with Gasteiger partial charge in [-0.15, -0.1) is 0 Å². The van der Waals surface area contributed by atoms with Crippen LogP contribution < -0.4 is 16.0 Å². The van der Waals surface area contributed by atoms with Crippen molar-refractivity contribution in [3.63, 3.8) is 0 Å². The van der Waals surface area contributed by atoms with Crippen LogP contribution in [0.15, 0.2) is 18.2 Å². The van der Waals surface area contributed by atoms with Gasteiger partial charge in [0.2, 0.25) is 0 Å². The van der Waals surface area contributed by atoms with Crippen molar-refractivity contribution >= 4 is 0 Å². The molecule has 0 radical (unpaired) electrons. The van der Waals surface area contributed by atoms with E-state index in [2.05, 4.69) is 19.3 Å². The van der Waals surface area contributed by atoms with Crippen molar-refractivity contribution < 1.29 is 9.13 Å². The highest BCUT2D eigenvalue weighted by molar-refractivity contribution is 5.31. The lowest BCUT2D eigenvalue weighted by atomic mass is 9.89. The van der Waals surface area contributed by atoms with Gasteiger partial charge in [0.05, 0.1) is 7.11 Å². The molecule has 0 heterocycles. The summed E-state index contributed by atoms with van der Waals surface area (Å²) in [7, 11) is 1.47. The van der Waals surface area contributed by atoms with Gasteiger partial charge in [0, 0.05) is 6.04 Å². The van der Waals surface area contributed by atoms with Gasteiger partial charge in [-0.1, -0.05) is 45.6 Å². The summed E-state index contributed by atoms with van der Waals surface area (Å²) in [5, 5.41) is 0. The maximum absolute atomic E-state index is 13.8. The maximum atomic E-state index is 13.8. The number of hydrazine groups is 1. The molecular formula is C16H27FN2O. The molecule has 3 N–H and O–H groups in total. The highest BCUT2D eigenvalue weighted by atomic mass is 19.1. The molecule has 0 aliphatic rings. The Morgan fingerprint density at radius 3 is 2.60 bits per heavy atom. The van der Waals surface area contributed by atoms with Gasteiger partial charge in [-0.2, -0.15) is 0 Å². The maximum Gasteiger partial charge on any atom is 0.165 e. The van der Waals surface area contributed by atoms with Gasteiger partial charge in [-0.3, -0.25) is 11.3 Å². The molecule has 0 aliphatic heterocycles. The molecule has 2 atom stereocenters. The van der Waals surface area contributed by atoms with Crippen LogP contribution in [0.5, 0.6) is 5.75 Å². The van der Waals surface area contributed by atoms with Gasteiger partial charge < -0.3 is 4.74 Å². The first-order chi connectivity index (χ1) is 9.65. The largest absolute Gasteiger partial charge is 0.494 e. The van der Waals surface area contributed by atoms with Crippen molar-refractivity contribution in [2.24, 2.45) is 11.8 Å². The summed E-state index contributed by atoms with van der Waals surface area (Å²) in [6, 6.07) is 5.02. The van der Waals surface area contributed by atoms with E-state index < -0.39 is 0 Å². The third-order valence-corrected chi connectivity index (χ3v) is 3.89. The van der Waals surface area contributed by atoms with E-state index in [0.717, 1.165) is 18.4 Å². The Morgan fingerprint density at radius 2 is 2.10 bits per heavy atom. The molecule has 0 aliphatic carbocycles. The van der Waals surface area contributed by atoms with Crippen LogP contribution in [0.1, 0.15) is 57.6 Å². The van der Waals surface area contributed by atoms with Crippen molar-refractivity contribution in [2.75, 3.05) is 7.11 Å². The van der Waals surface area contributed by atoms with E-state index in [0.29, 0.717) is 5.92 Å². The Kier molecular flexibility index (Phi) is 7.55. The topological polar surface area (TPSA) is 47.3 Å². The lowest BCUT2D eigenvalue weighted by Gasteiger charge is -2.23. The average molecular weight is 282 g/mol. The van der Waals surface area contributed by atoms with Gasteiger partial charge in [-0.05, 0) is 30.0 Å².